The van der Waals surface area contributed by atoms with Gasteiger partial charge in [0.2, 0.25) is 0 Å². The van der Waals surface area contributed by atoms with Gasteiger partial charge in [-0.2, -0.15) is 5.10 Å². The lowest BCUT2D eigenvalue weighted by Gasteiger charge is -2.20. The number of aliphatic hydroxyl groups is 2. The molecule has 0 aromatic carbocycles. The highest BCUT2D eigenvalue weighted by molar-refractivity contribution is 5.49. The van der Waals surface area contributed by atoms with Crippen molar-refractivity contribution in [2.75, 3.05) is 25.1 Å². The zero-order chi connectivity index (χ0) is 12.8. The van der Waals surface area contributed by atoms with Gasteiger partial charge in [-0.1, -0.05) is 0 Å². The van der Waals surface area contributed by atoms with E-state index in [2.05, 4.69) is 10.00 Å². The molecule has 1 heterocycles. The van der Waals surface area contributed by atoms with Crippen LogP contribution < -0.4 is 4.90 Å². The minimum atomic E-state index is 0.0238. The third-order valence-electron chi connectivity index (χ3n) is 2.98. The number of rotatable bonds is 7. The number of aliphatic hydroxyl groups excluding tert-OH is 2. The summed E-state index contributed by atoms with van der Waals surface area (Å²) >= 11 is 0. The third-order valence-corrected chi connectivity index (χ3v) is 2.98. The fourth-order valence-corrected chi connectivity index (χ4v) is 2.10. The summed E-state index contributed by atoms with van der Waals surface area (Å²) in [5.41, 5.74) is 1.78. The SMILES string of the molecule is Cc1nn(C)c(N(C)CCCCCO)c1CO. The van der Waals surface area contributed by atoms with Gasteiger partial charge in [-0.3, -0.25) is 4.68 Å². The minimum Gasteiger partial charge on any atom is -0.396 e. The molecule has 0 fully saturated rings. The zero-order valence-corrected chi connectivity index (χ0v) is 11.0. The Hall–Kier alpha value is -1.07. The third kappa shape index (κ3) is 3.44. The lowest BCUT2D eigenvalue weighted by Crippen LogP contribution is -2.22. The van der Waals surface area contributed by atoms with Crippen LogP contribution in [0, 0.1) is 6.92 Å². The van der Waals surface area contributed by atoms with Crippen molar-refractivity contribution in [3.63, 3.8) is 0 Å². The summed E-state index contributed by atoms with van der Waals surface area (Å²) in [6, 6.07) is 0. The van der Waals surface area contributed by atoms with Crippen LogP contribution in [-0.2, 0) is 13.7 Å². The van der Waals surface area contributed by atoms with E-state index in [1.807, 2.05) is 25.7 Å². The highest BCUT2D eigenvalue weighted by atomic mass is 16.3. The zero-order valence-electron chi connectivity index (χ0n) is 11.0. The predicted octanol–water partition coefficient (Wildman–Crippen LogP) is 0.820. The Balaban J connectivity index is 2.64. The number of nitrogens with zero attached hydrogens (tertiary/aromatic N) is 3. The molecule has 0 aliphatic rings. The molecule has 1 aromatic heterocycles. The molecule has 0 radical (unpaired) electrons. The van der Waals surface area contributed by atoms with Crippen molar-refractivity contribution < 1.29 is 10.2 Å². The van der Waals surface area contributed by atoms with Crippen molar-refractivity contribution >= 4 is 5.82 Å². The highest BCUT2D eigenvalue weighted by Gasteiger charge is 2.15. The van der Waals surface area contributed by atoms with Crippen LogP contribution in [0.25, 0.3) is 0 Å². The summed E-state index contributed by atoms with van der Waals surface area (Å²) in [4.78, 5) is 2.11. The standard InChI is InChI=1S/C12H23N3O2/c1-10-11(9-17)12(15(3)13-10)14(2)7-5-4-6-8-16/h16-17H,4-9H2,1-3H3. The molecule has 0 aliphatic carbocycles. The lowest BCUT2D eigenvalue weighted by molar-refractivity contribution is 0.281. The van der Waals surface area contributed by atoms with Crippen molar-refractivity contribution in [2.45, 2.75) is 32.8 Å². The molecule has 17 heavy (non-hydrogen) atoms. The Morgan fingerprint density at radius 2 is 1.94 bits per heavy atom. The summed E-state index contributed by atoms with van der Waals surface area (Å²) in [5.74, 6) is 0.981. The molecular weight excluding hydrogens is 218 g/mol. The molecule has 0 bridgehead atoms. The summed E-state index contributed by atoms with van der Waals surface area (Å²) in [7, 11) is 3.90. The van der Waals surface area contributed by atoms with Crippen molar-refractivity contribution in [1.82, 2.24) is 9.78 Å². The van der Waals surface area contributed by atoms with Crippen molar-refractivity contribution in [3.05, 3.63) is 11.3 Å². The van der Waals surface area contributed by atoms with E-state index in [9.17, 15) is 5.11 Å². The number of hydrogen-bond acceptors (Lipinski definition) is 4. The van der Waals surface area contributed by atoms with Gasteiger partial charge in [-0.15, -0.1) is 0 Å². The maximum atomic E-state index is 9.36. The topological polar surface area (TPSA) is 61.5 Å². The molecule has 0 saturated carbocycles. The largest absolute Gasteiger partial charge is 0.396 e. The Labute approximate surface area is 103 Å². The van der Waals surface area contributed by atoms with Gasteiger partial charge in [-0.25, -0.2) is 0 Å². The first-order chi connectivity index (χ1) is 8.11. The maximum absolute atomic E-state index is 9.36. The second-order valence-corrected chi connectivity index (χ2v) is 4.38. The van der Waals surface area contributed by atoms with Crippen molar-refractivity contribution in [1.29, 1.82) is 0 Å². The molecule has 1 rings (SSSR count). The lowest BCUT2D eigenvalue weighted by atomic mass is 10.2. The second-order valence-electron chi connectivity index (χ2n) is 4.38. The Bertz CT molecular complexity index is 350. The number of hydrogen-bond donors (Lipinski definition) is 2. The van der Waals surface area contributed by atoms with E-state index in [-0.39, 0.29) is 13.2 Å². The summed E-state index contributed by atoms with van der Waals surface area (Å²) in [5, 5.41) is 22.4. The summed E-state index contributed by atoms with van der Waals surface area (Å²) in [6.07, 6.45) is 2.91. The van der Waals surface area contributed by atoms with E-state index in [0.29, 0.717) is 0 Å². The van der Waals surface area contributed by atoms with Gasteiger partial charge < -0.3 is 15.1 Å². The van der Waals surface area contributed by atoms with Gasteiger partial charge in [0.15, 0.2) is 0 Å². The van der Waals surface area contributed by atoms with Crippen LogP contribution in [0.4, 0.5) is 5.82 Å². The van der Waals surface area contributed by atoms with E-state index >= 15 is 0 Å². The number of aryl methyl sites for hydroxylation is 2. The normalized spacial score (nSPS) is 10.9. The van der Waals surface area contributed by atoms with E-state index in [0.717, 1.165) is 42.9 Å². The molecule has 98 valence electrons. The molecule has 0 spiro atoms. The van der Waals surface area contributed by atoms with Crippen molar-refractivity contribution in [2.24, 2.45) is 7.05 Å². The van der Waals surface area contributed by atoms with E-state index < -0.39 is 0 Å². The van der Waals surface area contributed by atoms with Crippen LogP contribution in [-0.4, -0.2) is 40.2 Å². The van der Waals surface area contributed by atoms with Gasteiger partial charge in [0.05, 0.1) is 12.3 Å². The molecule has 0 amide bonds. The molecule has 1 aromatic rings. The molecule has 2 N–H and O–H groups in total. The van der Waals surface area contributed by atoms with E-state index in [1.165, 1.54) is 0 Å². The van der Waals surface area contributed by atoms with Crippen LogP contribution in [0.15, 0.2) is 0 Å². The van der Waals surface area contributed by atoms with Gasteiger partial charge in [-0.05, 0) is 26.2 Å². The fourth-order valence-electron chi connectivity index (χ4n) is 2.10. The Morgan fingerprint density at radius 3 is 2.53 bits per heavy atom. The highest BCUT2D eigenvalue weighted by Crippen LogP contribution is 2.22. The molecular formula is C12H23N3O2. The molecule has 0 saturated heterocycles. The number of unbranched alkanes of at least 4 members (excludes halogenated alkanes) is 2. The van der Waals surface area contributed by atoms with Gasteiger partial charge in [0.1, 0.15) is 5.82 Å². The minimum absolute atomic E-state index is 0.0238. The van der Waals surface area contributed by atoms with Gasteiger partial charge >= 0.3 is 0 Å². The van der Waals surface area contributed by atoms with Gasteiger partial charge in [0, 0.05) is 32.8 Å². The number of aromatic nitrogens is 2. The summed E-state index contributed by atoms with van der Waals surface area (Å²) in [6.45, 7) is 3.10. The van der Waals surface area contributed by atoms with Gasteiger partial charge in [0.25, 0.3) is 0 Å². The van der Waals surface area contributed by atoms with Crippen LogP contribution in [0.3, 0.4) is 0 Å². The second kappa shape index (κ2) is 6.61. The van der Waals surface area contributed by atoms with Crippen molar-refractivity contribution in [3.8, 4) is 0 Å². The fraction of sp³-hybridized carbons (Fsp3) is 0.750. The quantitative estimate of drug-likeness (QED) is 0.694. The first kappa shape index (κ1) is 14.0. The monoisotopic (exact) mass is 241 g/mol. The molecule has 0 atom stereocenters. The van der Waals surface area contributed by atoms with E-state index in [1.54, 1.807) is 0 Å². The first-order valence-corrected chi connectivity index (χ1v) is 6.07. The molecule has 5 heteroatoms. The molecule has 5 nitrogen and oxygen atoms in total. The molecule has 0 unspecified atom stereocenters. The summed E-state index contributed by atoms with van der Waals surface area (Å²) < 4.78 is 1.81. The number of anilines is 1. The maximum Gasteiger partial charge on any atom is 0.132 e. The predicted molar refractivity (Wildman–Crippen MR) is 68.1 cm³/mol. The smallest absolute Gasteiger partial charge is 0.132 e. The Morgan fingerprint density at radius 1 is 1.24 bits per heavy atom. The average Bonchev–Trinajstić information content (AvgIpc) is 2.58. The van der Waals surface area contributed by atoms with E-state index in [4.69, 9.17) is 5.11 Å². The average molecular weight is 241 g/mol. The van der Waals surface area contributed by atoms with Crippen LogP contribution in [0.5, 0.6) is 0 Å². The molecule has 0 aliphatic heterocycles. The Kier molecular flexibility index (Phi) is 5.44. The van der Waals surface area contributed by atoms with Crippen LogP contribution >= 0.6 is 0 Å². The van der Waals surface area contributed by atoms with Crippen LogP contribution in [0.2, 0.25) is 0 Å². The van der Waals surface area contributed by atoms with Crippen LogP contribution in [0.1, 0.15) is 30.5 Å². The first-order valence-electron chi connectivity index (χ1n) is 6.07.